The Bertz CT molecular complexity index is 2500. The van der Waals surface area contributed by atoms with Crippen molar-refractivity contribution >= 4 is 76.2 Å². The van der Waals surface area contributed by atoms with E-state index in [4.69, 9.17) is 5.11 Å². The summed E-state index contributed by atoms with van der Waals surface area (Å²) in [4.78, 5) is 140. The van der Waals surface area contributed by atoms with Gasteiger partial charge in [0.1, 0.15) is 30.2 Å². The van der Waals surface area contributed by atoms with Gasteiger partial charge in [-0.15, -0.1) is 0 Å². The monoisotopic (exact) mass is 1040 g/mol. The molecule has 12 N–H and O–H groups in total. The average molecular weight is 1040 g/mol. The van der Waals surface area contributed by atoms with E-state index in [1.165, 1.54) is 0 Å². The fourth-order valence-electron chi connectivity index (χ4n) is 8.14. The van der Waals surface area contributed by atoms with Gasteiger partial charge in [-0.25, -0.2) is 19.4 Å². The van der Waals surface area contributed by atoms with Gasteiger partial charge in [0.2, 0.25) is 29.6 Å². The molecule has 1 saturated carbocycles. The number of nitrogens with zero attached hydrogens (tertiary/aromatic N) is 1. The van der Waals surface area contributed by atoms with Crippen LogP contribution in [0.5, 0.6) is 0 Å². The molecule has 1 fully saturated rings. The van der Waals surface area contributed by atoms with E-state index in [2.05, 4.69) is 42.2 Å². The Balaban J connectivity index is 1.32. The van der Waals surface area contributed by atoms with Crippen LogP contribution in [0.4, 0.5) is 9.18 Å². The molecule has 1 aliphatic rings. The van der Waals surface area contributed by atoms with Crippen molar-refractivity contribution in [3.63, 3.8) is 0 Å². The topological polar surface area (TPSA) is 386 Å². The van der Waals surface area contributed by atoms with Crippen LogP contribution in [0, 0.1) is 17.8 Å². The van der Waals surface area contributed by atoms with Gasteiger partial charge in [0.15, 0.2) is 0 Å². The lowest BCUT2D eigenvalue weighted by molar-refractivity contribution is -0.141. The first-order chi connectivity index (χ1) is 35.2. The molecule has 3 aromatic rings. The number of nitrogens with one attached hydrogen (secondary N) is 7. The van der Waals surface area contributed by atoms with E-state index in [-0.39, 0.29) is 62.6 Å². The highest BCUT2D eigenvalue weighted by molar-refractivity contribution is 5.98. The van der Waals surface area contributed by atoms with Gasteiger partial charge in [-0.1, -0.05) is 42.5 Å². The Morgan fingerprint density at radius 2 is 1.14 bits per heavy atom. The molecule has 7 amide bonds. The molecule has 2 aromatic carbocycles. The minimum atomic E-state index is -1.57. The molecule has 25 heteroatoms. The Hall–Kier alpha value is -8.25. The number of hydrogen-bond donors (Lipinski definition) is 12. The lowest BCUT2D eigenvalue weighted by Crippen LogP contribution is -2.54. The van der Waals surface area contributed by atoms with Crippen LogP contribution in [0.3, 0.4) is 0 Å². The number of carbonyl (C=O) groups is 11. The number of pyridine rings is 1. The Labute approximate surface area is 423 Å². The number of rotatable bonds is 30. The third-order valence-corrected chi connectivity index (χ3v) is 12.3. The molecule has 0 aliphatic heterocycles. The fraction of sp³-hybridized carbons (Fsp3) is 0.469. The third kappa shape index (κ3) is 20.1. The number of amides is 7. The summed E-state index contributed by atoms with van der Waals surface area (Å²) in [7, 11) is 0. The molecule has 5 atom stereocenters. The number of unbranched alkanes of at least 4 members (excludes halogenated alkanes) is 1. The molecule has 74 heavy (non-hydrogen) atoms. The van der Waals surface area contributed by atoms with Crippen LogP contribution in [-0.2, 0) is 49.6 Å². The molecular formula is C49H61FN8O16. The van der Waals surface area contributed by atoms with E-state index in [9.17, 15) is 77.6 Å². The maximum atomic E-state index is 13.8. The number of aromatic nitrogens is 1. The standard InChI is InChI=1S/C49H61FN8O16/c50-38-18-14-32(26-52-38)43(66)54-34(16-20-40(61)62)46(69)55-33(15-19-39(59)60)44(67)53-25-27-8-12-30(13-9-27)42(65)56-37(24-28-10-11-29-5-1-2-6-31(29)23-28)45(68)51-22-4-3-7-35(47(70)71)57-49(74)58-36(48(72)73)17-21-41(63)64/h1-2,5-6,10-11,14,18,23,26-27,30,33-37H,3-4,7-9,12-13,15-17,19-22,24-25H2,(H,51,68)(H,53,67)(H,54,66)(H,55,69)(H,56,65)(H,59,60)(H,61,62)(H,63,64)(H,70,71)(H,72,73)(H2,57,58,74)/t27?,30?,33-,34-,35-,36-,37-/m0/s1. The molecule has 0 spiro atoms. The maximum absolute atomic E-state index is 13.8. The van der Waals surface area contributed by atoms with Gasteiger partial charge in [-0.05, 0) is 98.6 Å². The van der Waals surface area contributed by atoms with E-state index in [1.807, 2.05) is 42.5 Å². The van der Waals surface area contributed by atoms with Crippen LogP contribution in [0.25, 0.3) is 10.8 Å². The number of carboxylic acids is 5. The normalized spacial score (nSPS) is 16.1. The molecule has 0 bridgehead atoms. The first-order valence-corrected chi connectivity index (χ1v) is 23.9. The van der Waals surface area contributed by atoms with Gasteiger partial charge in [0, 0.05) is 50.9 Å². The van der Waals surface area contributed by atoms with Crippen LogP contribution in [-0.4, -0.2) is 139 Å². The van der Waals surface area contributed by atoms with E-state index in [0.717, 1.165) is 34.7 Å². The zero-order valence-electron chi connectivity index (χ0n) is 40.2. The van der Waals surface area contributed by atoms with E-state index < -0.39 is 134 Å². The Kier molecular flexibility index (Phi) is 23.1. The molecule has 0 saturated heterocycles. The SMILES string of the molecule is O=C(O)CC[C@H](NC(=O)N[C@@H](CCCCNC(=O)[C@H](Cc1ccc2ccccc2c1)NC(=O)C1CCC(CNC(=O)[C@H](CCC(=O)O)NC(=O)[C@H](CCC(=O)O)NC(=O)c2ccc(F)nc2)CC1)C(=O)O)C(=O)O. The smallest absolute Gasteiger partial charge is 0.326 e. The van der Waals surface area contributed by atoms with Crippen LogP contribution in [0.15, 0.2) is 60.8 Å². The number of carbonyl (C=O) groups excluding carboxylic acids is 6. The largest absolute Gasteiger partial charge is 0.481 e. The summed E-state index contributed by atoms with van der Waals surface area (Å²) in [5, 5.41) is 65.7. The highest BCUT2D eigenvalue weighted by atomic mass is 19.1. The second-order valence-electron chi connectivity index (χ2n) is 17.8. The lowest BCUT2D eigenvalue weighted by atomic mass is 9.81. The zero-order chi connectivity index (χ0) is 54.3. The Morgan fingerprint density at radius 1 is 0.568 bits per heavy atom. The van der Waals surface area contributed by atoms with E-state index in [1.54, 1.807) is 0 Å². The van der Waals surface area contributed by atoms with Crippen molar-refractivity contribution < 1.29 is 82.7 Å². The molecule has 24 nitrogen and oxygen atoms in total. The summed E-state index contributed by atoms with van der Waals surface area (Å²) < 4.78 is 13.3. The van der Waals surface area contributed by atoms with Gasteiger partial charge in [0.05, 0.1) is 5.56 Å². The summed E-state index contributed by atoms with van der Waals surface area (Å²) in [5.41, 5.74) is 0.622. The van der Waals surface area contributed by atoms with Crippen LogP contribution in [0.1, 0.15) is 99.4 Å². The first-order valence-electron chi connectivity index (χ1n) is 23.9. The Morgan fingerprint density at radius 3 is 1.72 bits per heavy atom. The van der Waals surface area contributed by atoms with Crippen molar-refractivity contribution in [1.82, 2.24) is 42.2 Å². The van der Waals surface area contributed by atoms with Crippen LogP contribution >= 0.6 is 0 Å². The molecule has 4 rings (SSSR count). The van der Waals surface area contributed by atoms with Crippen molar-refractivity contribution in [2.24, 2.45) is 11.8 Å². The fourth-order valence-corrected chi connectivity index (χ4v) is 8.14. The summed E-state index contributed by atoms with van der Waals surface area (Å²) >= 11 is 0. The highest BCUT2D eigenvalue weighted by Crippen LogP contribution is 2.29. The van der Waals surface area contributed by atoms with Crippen molar-refractivity contribution in [3.8, 4) is 0 Å². The van der Waals surface area contributed by atoms with E-state index in [0.29, 0.717) is 25.7 Å². The molecule has 1 heterocycles. The summed E-state index contributed by atoms with van der Waals surface area (Å²) in [6.07, 6.45) is 0.228. The van der Waals surface area contributed by atoms with Crippen LogP contribution in [0.2, 0.25) is 0 Å². The minimum Gasteiger partial charge on any atom is -0.481 e. The highest BCUT2D eigenvalue weighted by Gasteiger charge is 2.32. The third-order valence-electron chi connectivity index (χ3n) is 12.3. The van der Waals surface area contributed by atoms with Gasteiger partial charge in [0.25, 0.3) is 5.91 Å². The molecular weight excluding hydrogens is 976 g/mol. The number of hydrogen-bond acceptors (Lipinski definition) is 12. The van der Waals surface area contributed by atoms with Crippen molar-refractivity contribution in [3.05, 3.63) is 77.9 Å². The maximum Gasteiger partial charge on any atom is 0.326 e. The predicted molar refractivity (Wildman–Crippen MR) is 257 cm³/mol. The van der Waals surface area contributed by atoms with Crippen molar-refractivity contribution in [2.75, 3.05) is 13.1 Å². The second kappa shape index (κ2) is 29.3. The first kappa shape index (κ1) is 58.3. The lowest BCUT2D eigenvalue weighted by Gasteiger charge is -2.30. The van der Waals surface area contributed by atoms with Gasteiger partial charge in [-0.2, -0.15) is 4.39 Å². The van der Waals surface area contributed by atoms with Gasteiger partial charge in [-0.3, -0.25) is 38.4 Å². The average Bonchev–Trinajstić information content (AvgIpc) is 3.35. The summed E-state index contributed by atoms with van der Waals surface area (Å²) in [6, 6.07) is 7.19. The van der Waals surface area contributed by atoms with Gasteiger partial charge >= 0.3 is 35.9 Å². The van der Waals surface area contributed by atoms with Crippen molar-refractivity contribution in [2.45, 2.75) is 120 Å². The predicted octanol–water partition coefficient (Wildman–Crippen LogP) is 1.69. The molecule has 1 aliphatic carbocycles. The number of carboxylic acid groups (broad SMARTS) is 5. The summed E-state index contributed by atoms with van der Waals surface area (Å²) in [5.74, 6) is -11.7. The van der Waals surface area contributed by atoms with Crippen LogP contribution < -0.4 is 37.2 Å². The number of benzene rings is 2. The van der Waals surface area contributed by atoms with Gasteiger partial charge < -0.3 is 62.8 Å². The number of fused-ring (bicyclic) bond motifs is 1. The minimum absolute atomic E-state index is 0.0622. The number of urea groups is 1. The quantitative estimate of drug-likeness (QED) is 0.0334. The molecule has 0 radical (unpaired) electrons. The number of halogens is 1. The molecule has 400 valence electrons. The molecule has 1 aromatic heterocycles. The van der Waals surface area contributed by atoms with Crippen molar-refractivity contribution in [1.29, 1.82) is 0 Å². The second-order valence-corrected chi connectivity index (χ2v) is 17.8. The van der Waals surface area contributed by atoms with E-state index >= 15 is 0 Å². The zero-order valence-corrected chi connectivity index (χ0v) is 40.2. The molecule has 0 unspecified atom stereocenters. The summed E-state index contributed by atoms with van der Waals surface area (Å²) in [6.45, 7) is 0.152. The number of aliphatic carboxylic acids is 5.